The molecule has 0 saturated heterocycles. The third-order valence-corrected chi connectivity index (χ3v) is 3.31. The van der Waals surface area contributed by atoms with Crippen LogP contribution in [0, 0.1) is 0 Å². The van der Waals surface area contributed by atoms with Gasteiger partial charge in [0.25, 0.3) is 0 Å². The molecule has 0 aromatic heterocycles. The number of aliphatic hydroxyl groups excluding tert-OH is 2. The van der Waals surface area contributed by atoms with Crippen molar-refractivity contribution in [3.63, 3.8) is 0 Å². The average Bonchev–Trinajstić information content (AvgIpc) is 2.34. The van der Waals surface area contributed by atoms with Crippen LogP contribution in [0.1, 0.15) is 6.42 Å². The highest BCUT2D eigenvalue weighted by atomic mass is 32.2. The molecule has 96 valence electrons. The van der Waals surface area contributed by atoms with E-state index in [0.717, 1.165) is 12.2 Å². The van der Waals surface area contributed by atoms with Crippen molar-refractivity contribution in [3.8, 4) is 5.75 Å². The van der Waals surface area contributed by atoms with Crippen molar-refractivity contribution in [2.75, 3.05) is 30.5 Å². The molecule has 5 heteroatoms. The monoisotopic (exact) mass is 257 g/mol. The van der Waals surface area contributed by atoms with Gasteiger partial charge in [-0.25, -0.2) is 0 Å². The SMILES string of the molecule is Nc1ccccc1OCC(O)CSCCCO. The van der Waals surface area contributed by atoms with Gasteiger partial charge in [0, 0.05) is 12.4 Å². The molecule has 1 aromatic carbocycles. The Kier molecular flexibility index (Phi) is 6.84. The van der Waals surface area contributed by atoms with Gasteiger partial charge in [-0.1, -0.05) is 12.1 Å². The van der Waals surface area contributed by atoms with Crippen LogP contribution in [0.15, 0.2) is 24.3 Å². The maximum atomic E-state index is 9.65. The van der Waals surface area contributed by atoms with E-state index in [1.807, 2.05) is 12.1 Å². The molecule has 4 nitrogen and oxygen atoms in total. The predicted molar refractivity (Wildman–Crippen MR) is 71.4 cm³/mol. The molecule has 1 rings (SSSR count). The van der Waals surface area contributed by atoms with E-state index in [-0.39, 0.29) is 13.2 Å². The molecule has 0 heterocycles. The van der Waals surface area contributed by atoms with Crippen LogP contribution in [0.2, 0.25) is 0 Å². The predicted octanol–water partition coefficient (Wildman–Crippen LogP) is 1.12. The van der Waals surface area contributed by atoms with Crippen LogP contribution < -0.4 is 10.5 Å². The lowest BCUT2D eigenvalue weighted by Gasteiger charge is -2.13. The van der Waals surface area contributed by atoms with Crippen LogP contribution in [0.25, 0.3) is 0 Å². The quantitative estimate of drug-likeness (QED) is 0.481. The van der Waals surface area contributed by atoms with E-state index >= 15 is 0 Å². The van der Waals surface area contributed by atoms with Gasteiger partial charge in [-0.15, -0.1) is 0 Å². The number of nitrogens with two attached hydrogens (primary N) is 1. The number of ether oxygens (including phenoxy) is 1. The number of nitrogen functional groups attached to an aromatic ring is 1. The van der Waals surface area contributed by atoms with Crippen molar-refractivity contribution < 1.29 is 14.9 Å². The molecule has 1 aromatic rings. The van der Waals surface area contributed by atoms with Crippen molar-refractivity contribution in [1.82, 2.24) is 0 Å². The zero-order valence-corrected chi connectivity index (χ0v) is 10.5. The van der Waals surface area contributed by atoms with Gasteiger partial charge in [-0.2, -0.15) is 11.8 Å². The zero-order valence-electron chi connectivity index (χ0n) is 9.71. The van der Waals surface area contributed by atoms with E-state index in [1.165, 1.54) is 0 Å². The molecule has 0 saturated carbocycles. The Morgan fingerprint density at radius 2 is 2.12 bits per heavy atom. The zero-order chi connectivity index (χ0) is 12.5. The van der Waals surface area contributed by atoms with Crippen LogP contribution in [-0.4, -0.2) is 41.0 Å². The lowest BCUT2D eigenvalue weighted by Crippen LogP contribution is -2.20. The summed E-state index contributed by atoms with van der Waals surface area (Å²) in [5.41, 5.74) is 6.28. The lowest BCUT2D eigenvalue weighted by atomic mass is 10.3. The first-order valence-corrected chi connectivity index (χ1v) is 6.73. The fourth-order valence-electron chi connectivity index (χ4n) is 1.23. The summed E-state index contributed by atoms with van der Waals surface area (Å²) in [5, 5.41) is 18.3. The maximum Gasteiger partial charge on any atom is 0.142 e. The second-order valence-corrected chi connectivity index (χ2v) is 4.80. The van der Waals surface area contributed by atoms with Crippen molar-refractivity contribution in [2.45, 2.75) is 12.5 Å². The second-order valence-electron chi connectivity index (χ2n) is 3.65. The summed E-state index contributed by atoms with van der Waals surface area (Å²) in [4.78, 5) is 0. The Hall–Kier alpha value is -0.910. The highest BCUT2D eigenvalue weighted by molar-refractivity contribution is 7.99. The molecule has 0 bridgehead atoms. The lowest BCUT2D eigenvalue weighted by molar-refractivity contribution is 0.127. The number of aliphatic hydroxyl groups is 2. The number of para-hydroxylation sites is 2. The molecular formula is C12H19NO3S. The van der Waals surface area contributed by atoms with Gasteiger partial charge >= 0.3 is 0 Å². The first-order chi connectivity index (χ1) is 8.24. The minimum Gasteiger partial charge on any atom is -0.489 e. The van der Waals surface area contributed by atoms with Gasteiger partial charge in [0.1, 0.15) is 12.4 Å². The molecular weight excluding hydrogens is 238 g/mol. The van der Waals surface area contributed by atoms with E-state index in [4.69, 9.17) is 15.6 Å². The summed E-state index contributed by atoms with van der Waals surface area (Å²) < 4.78 is 5.42. The minimum atomic E-state index is -0.515. The fraction of sp³-hybridized carbons (Fsp3) is 0.500. The summed E-state index contributed by atoms with van der Waals surface area (Å²) >= 11 is 1.60. The Balaban J connectivity index is 2.19. The van der Waals surface area contributed by atoms with E-state index in [9.17, 15) is 5.11 Å². The topological polar surface area (TPSA) is 75.7 Å². The van der Waals surface area contributed by atoms with Crippen molar-refractivity contribution >= 4 is 17.4 Å². The molecule has 17 heavy (non-hydrogen) atoms. The average molecular weight is 257 g/mol. The van der Waals surface area contributed by atoms with Crippen LogP contribution in [0.4, 0.5) is 5.69 Å². The Morgan fingerprint density at radius 1 is 1.35 bits per heavy atom. The summed E-state index contributed by atoms with van der Waals surface area (Å²) in [6, 6.07) is 7.22. The largest absolute Gasteiger partial charge is 0.489 e. The van der Waals surface area contributed by atoms with Gasteiger partial charge in [0.2, 0.25) is 0 Å². The molecule has 1 unspecified atom stereocenters. The number of hydrogen-bond acceptors (Lipinski definition) is 5. The van der Waals surface area contributed by atoms with Crippen LogP contribution in [0.3, 0.4) is 0 Å². The summed E-state index contributed by atoms with van der Waals surface area (Å²) in [6.45, 7) is 0.431. The van der Waals surface area contributed by atoms with E-state index in [2.05, 4.69) is 0 Å². The number of benzene rings is 1. The standard InChI is InChI=1S/C12H19NO3S/c13-11-4-1-2-5-12(11)16-8-10(15)9-17-7-3-6-14/h1-2,4-5,10,14-15H,3,6-9,13H2. The van der Waals surface area contributed by atoms with E-state index in [0.29, 0.717) is 17.2 Å². The van der Waals surface area contributed by atoms with Crippen molar-refractivity contribution in [2.24, 2.45) is 0 Å². The van der Waals surface area contributed by atoms with E-state index < -0.39 is 6.10 Å². The number of hydrogen-bond donors (Lipinski definition) is 3. The van der Waals surface area contributed by atoms with Crippen molar-refractivity contribution in [1.29, 1.82) is 0 Å². The third kappa shape index (κ3) is 5.81. The molecule has 4 N–H and O–H groups in total. The third-order valence-electron chi connectivity index (χ3n) is 2.11. The summed E-state index contributed by atoms with van der Waals surface area (Å²) in [5.74, 6) is 2.06. The highest BCUT2D eigenvalue weighted by Gasteiger charge is 2.06. The summed E-state index contributed by atoms with van der Waals surface area (Å²) in [7, 11) is 0. The molecule has 1 atom stereocenters. The first kappa shape index (κ1) is 14.2. The van der Waals surface area contributed by atoms with Gasteiger partial charge in [-0.05, 0) is 24.3 Å². The normalized spacial score (nSPS) is 12.4. The first-order valence-electron chi connectivity index (χ1n) is 5.58. The molecule has 0 aliphatic carbocycles. The van der Waals surface area contributed by atoms with Gasteiger partial charge in [-0.3, -0.25) is 0 Å². The van der Waals surface area contributed by atoms with Gasteiger partial charge < -0.3 is 20.7 Å². The Bertz CT molecular complexity index is 322. The molecule has 0 aliphatic rings. The minimum absolute atomic E-state index is 0.195. The maximum absolute atomic E-state index is 9.65. The van der Waals surface area contributed by atoms with Crippen LogP contribution in [0.5, 0.6) is 5.75 Å². The number of thioether (sulfide) groups is 1. The molecule has 0 fully saturated rings. The van der Waals surface area contributed by atoms with Crippen LogP contribution >= 0.6 is 11.8 Å². The molecule has 0 amide bonds. The van der Waals surface area contributed by atoms with Crippen molar-refractivity contribution in [3.05, 3.63) is 24.3 Å². The second kappa shape index (κ2) is 8.22. The molecule has 0 spiro atoms. The molecule has 0 aliphatic heterocycles. The smallest absolute Gasteiger partial charge is 0.142 e. The van der Waals surface area contributed by atoms with Gasteiger partial charge in [0.15, 0.2) is 0 Å². The fourth-order valence-corrected chi connectivity index (χ4v) is 2.10. The summed E-state index contributed by atoms with van der Waals surface area (Å²) in [6.07, 6.45) is 0.238. The highest BCUT2D eigenvalue weighted by Crippen LogP contribution is 2.20. The Labute approximate surface area is 106 Å². The Morgan fingerprint density at radius 3 is 2.82 bits per heavy atom. The number of anilines is 1. The molecule has 0 radical (unpaired) electrons. The van der Waals surface area contributed by atoms with E-state index in [1.54, 1.807) is 23.9 Å². The number of rotatable bonds is 8. The van der Waals surface area contributed by atoms with Gasteiger partial charge in [0.05, 0.1) is 11.8 Å². The van der Waals surface area contributed by atoms with Crippen LogP contribution in [-0.2, 0) is 0 Å².